The van der Waals surface area contributed by atoms with Gasteiger partial charge >= 0.3 is 6.43 Å². The molecular formula is C11H14F3NO. The van der Waals surface area contributed by atoms with Crippen LogP contribution in [0.15, 0.2) is 18.2 Å². The first-order chi connectivity index (χ1) is 7.49. The Balaban J connectivity index is 0.00000106. The van der Waals surface area contributed by atoms with Crippen molar-refractivity contribution >= 4 is 11.6 Å². The summed E-state index contributed by atoms with van der Waals surface area (Å²) in [5, 5.41) is 1.89. The number of alkyl halides is 2. The Labute approximate surface area is 92.5 Å². The van der Waals surface area contributed by atoms with Gasteiger partial charge in [-0.05, 0) is 30.7 Å². The third-order valence-corrected chi connectivity index (χ3v) is 1.51. The topological polar surface area (TPSA) is 29.1 Å². The molecule has 0 saturated heterocycles. The van der Waals surface area contributed by atoms with E-state index >= 15 is 0 Å². The van der Waals surface area contributed by atoms with E-state index in [0.717, 1.165) is 6.07 Å². The number of rotatable bonds is 2. The number of nitrogens with one attached hydrogen (secondary N) is 1. The first-order valence-electron chi connectivity index (χ1n) is 4.85. The van der Waals surface area contributed by atoms with Gasteiger partial charge in [0.05, 0.1) is 0 Å². The second-order valence-electron chi connectivity index (χ2n) is 2.81. The fourth-order valence-corrected chi connectivity index (χ4v) is 1.01. The summed E-state index contributed by atoms with van der Waals surface area (Å²) in [7, 11) is 0. The number of aryl methyl sites for hydroxylation is 1. The summed E-state index contributed by atoms with van der Waals surface area (Å²) in [6.07, 6.45) is -3.10. The first-order valence-corrected chi connectivity index (χ1v) is 4.85. The van der Waals surface area contributed by atoms with Crippen molar-refractivity contribution in [3.8, 4) is 0 Å². The zero-order valence-electron chi connectivity index (χ0n) is 9.35. The molecule has 1 aromatic carbocycles. The predicted octanol–water partition coefficient (Wildman–Crippen LogP) is 3.36. The Morgan fingerprint density at radius 2 is 1.81 bits per heavy atom. The molecule has 16 heavy (non-hydrogen) atoms. The summed E-state index contributed by atoms with van der Waals surface area (Å²) < 4.78 is 36.4. The van der Waals surface area contributed by atoms with Crippen molar-refractivity contribution in [2.75, 3.05) is 5.32 Å². The lowest BCUT2D eigenvalue weighted by Gasteiger charge is -2.05. The van der Waals surface area contributed by atoms with Crippen molar-refractivity contribution in [1.82, 2.24) is 0 Å². The van der Waals surface area contributed by atoms with Crippen molar-refractivity contribution in [3.63, 3.8) is 0 Å². The van der Waals surface area contributed by atoms with Crippen LogP contribution in [0, 0.1) is 12.7 Å². The van der Waals surface area contributed by atoms with E-state index in [9.17, 15) is 18.0 Å². The summed E-state index contributed by atoms with van der Waals surface area (Å²) in [6, 6.07) is 3.62. The number of anilines is 1. The summed E-state index contributed by atoms with van der Waals surface area (Å²) >= 11 is 0. The van der Waals surface area contributed by atoms with Crippen LogP contribution < -0.4 is 5.32 Å². The molecule has 0 aliphatic carbocycles. The van der Waals surface area contributed by atoms with E-state index in [-0.39, 0.29) is 5.69 Å². The van der Waals surface area contributed by atoms with Crippen LogP contribution in [0.2, 0.25) is 0 Å². The monoisotopic (exact) mass is 233 g/mol. The number of hydrogen-bond donors (Lipinski definition) is 1. The molecule has 2 nitrogen and oxygen atoms in total. The lowest BCUT2D eigenvalue weighted by Crippen LogP contribution is -2.20. The molecule has 0 aromatic heterocycles. The maximum atomic E-state index is 12.7. The molecule has 0 atom stereocenters. The highest BCUT2D eigenvalue weighted by molar-refractivity contribution is 5.93. The van der Waals surface area contributed by atoms with Gasteiger partial charge < -0.3 is 5.32 Å². The molecular weight excluding hydrogens is 219 g/mol. The molecule has 0 aliphatic rings. The highest BCUT2D eigenvalue weighted by atomic mass is 19.3. The number of hydrogen-bond acceptors (Lipinski definition) is 1. The van der Waals surface area contributed by atoms with E-state index in [1.807, 2.05) is 19.2 Å². The maximum absolute atomic E-state index is 12.7. The molecule has 0 radical (unpaired) electrons. The van der Waals surface area contributed by atoms with Crippen LogP contribution in [-0.4, -0.2) is 12.3 Å². The Hall–Kier alpha value is -1.52. The van der Waals surface area contributed by atoms with Gasteiger partial charge in [-0.1, -0.05) is 13.8 Å². The predicted molar refractivity (Wildman–Crippen MR) is 57.1 cm³/mol. The van der Waals surface area contributed by atoms with Gasteiger partial charge in [0.2, 0.25) is 0 Å². The summed E-state index contributed by atoms with van der Waals surface area (Å²) in [5.41, 5.74) is 0.586. The molecule has 0 bridgehead atoms. The highest BCUT2D eigenvalue weighted by Crippen LogP contribution is 2.13. The third-order valence-electron chi connectivity index (χ3n) is 1.51. The second kappa shape index (κ2) is 6.87. The van der Waals surface area contributed by atoms with Crippen LogP contribution in [-0.2, 0) is 4.79 Å². The van der Waals surface area contributed by atoms with Crippen LogP contribution in [0.1, 0.15) is 19.4 Å². The van der Waals surface area contributed by atoms with Gasteiger partial charge in [-0.3, -0.25) is 4.79 Å². The molecule has 5 heteroatoms. The zero-order valence-corrected chi connectivity index (χ0v) is 9.35. The second-order valence-corrected chi connectivity index (χ2v) is 2.81. The average molecular weight is 233 g/mol. The van der Waals surface area contributed by atoms with Gasteiger partial charge in [0.25, 0.3) is 5.91 Å². The normalized spacial score (nSPS) is 9.44. The quantitative estimate of drug-likeness (QED) is 0.833. The van der Waals surface area contributed by atoms with Crippen molar-refractivity contribution in [2.24, 2.45) is 0 Å². The molecule has 0 unspecified atom stereocenters. The molecule has 0 saturated carbocycles. The number of carbonyl (C=O) groups is 1. The van der Waals surface area contributed by atoms with E-state index in [0.29, 0.717) is 5.56 Å². The van der Waals surface area contributed by atoms with Gasteiger partial charge in [0, 0.05) is 5.69 Å². The van der Waals surface area contributed by atoms with E-state index in [2.05, 4.69) is 0 Å². The van der Waals surface area contributed by atoms with E-state index in [4.69, 9.17) is 0 Å². The average Bonchev–Trinajstić information content (AvgIpc) is 2.18. The van der Waals surface area contributed by atoms with Gasteiger partial charge in [-0.2, -0.15) is 8.78 Å². The smallest absolute Gasteiger partial charge is 0.315 e. The Morgan fingerprint density at radius 1 is 1.25 bits per heavy atom. The van der Waals surface area contributed by atoms with Crippen LogP contribution in [0.25, 0.3) is 0 Å². The molecule has 0 spiro atoms. The van der Waals surface area contributed by atoms with Crippen molar-refractivity contribution in [3.05, 3.63) is 29.6 Å². The van der Waals surface area contributed by atoms with E-state index < -0.39 is 18.1 Å². The van der Waals surface area contributed by atoms with E-state index in [1.54, 1.807) is 6.92 Å². The van der Waals surface area contributed by atoms with Gasteiger partial charge in [-0.15, -0.1) is 0 Å². The molecule has 1 amide bonds. The maximum Gasteiger partial charge on any atom is 0.315 e. The first kappa shape index (κ1) is 14.5. The lowest BCUT2D eigenvalue weighted by molar-refractivity contribution is -0.126. The molecule has 1 aromatic rings. The Morgan fingerprint density at radius 3 is 2.25 bits per heavy atom. The number of carbonyl (C=O) groups excluding carboxylic acids is 1. The largest absolute Gasteiger partial charge is 0.321 e. The minimum absolute atomic E-state index is 0.0350. The number of benzene rings is 1. The molecule has 0 heterocycles. The third kappa shape index (κ3) is 4.82. The molecule has 1 N–H and O–H groups in total. The van der Waals surface area contributed by atoms with Gasteiger partial charge in [-0.25, -0.2) is 4.39 Å². The molecule has 90 valence electrons. The van der Waals surface area contributed by atoms with Crippen molar-refractivity contribution in [1.29, 1.82) is 0 Å². The minimum atomic E-state index is -3.10. The zero-order chi connectivity index (χ0) is 12.7. The fourth-order valence-electron chi connectivity index (χ4n) is 1.01. The molecule has 1 rings (SSSR count). The summed E-state index contributed by atoms with van der Waals surface area (Å²) in [4.78, 5) is 10.6. The Bertz CT molecular complexity index is 333. The fraction of sp³-hybridized carbons (Fsp3) is 0.364. The molecule has 0 fully saturated rings. The lowest BCUT2D eigenvalue weighted by atomic mass is 10.2. The Kier molecular flexibility index (Phi) is 6.22. The van der Waals surface area contributed by atoms with E-state index in [1.165, 1.54) is 12.1 Å². The van der Waals surface area contributed by atoms with Crippen molar-refractivity contribution in [2.45, 2.75) is 27.2 Å². The SMILES string of the molecule is CC.Cc1cc(F)cc(NC(=O)C(F)F)c1. The van der Waals surface area contributed by atoms with Crippen molar-refractivity contribution < 1.29 is 18.0 Å². The summed E-state index contributed by atoms with van der Waals surface area (Å²) in [6.45, 7) is 5.60. The number of amides is 1. The summed E-state index contributed by atoms with van der Waals surface area (Å²) in [5.74, 6) is -2.01. The minimum Gasteiger partial charge on any atom is -0.321 e. The van der Waals surface area contributed by atoms with Crippen LogP contribution >= 0.6 is 0 Å². The molecule has 0 aliphatic heterocycles. The van der Waals surface area contributed by atoms with Gasteiger partial charge in [0.1, 0.15) is 5.82 Å². The standard InChI is InChI=1S/C9H8F3NO.C2H6/c1-5-2-6(10)4-7(3-5)13-9(14)8(11)12;1-2/h2-4,8H,1H3,(H,13,14);1-2H3. The highest BCUT2D eigenvalue weighted by Gasteiger charge is 2.15. The van der Waals surface area contributed by atoms with Gasteiger partial charge in [0.15, 0.2) is 0 Å². The number of halogens is 3. The van der Waals surface area contributed by atoms with Crippen LogP contribution in [0.3, 0.4) is 0 Å². The van der Waals surface area contributed by atoms with Crippen LogP contribution in [0.5, 0.6) is 0 Å². The van der Waals surface area contributed by atoms with Crippen LogP contribution in [0.4, 0.5) is 18.9 Å².